The van der Waals surface area contributed by atoms with Crippen LogP contribution >= 0.6 is 7.92 Å². The van der Waals surface area contributed by atoms with Crippen LogP contribution in [0, 0.1) is 6.07 Å². The number of carboxylic acids is 1. The molecule has 0 atom stereocenters. The quantitative estimate of drug-likeness (QED) is 0.142. The Morgan fingerprint density at radius 2 is 1.11 bits per heavy atom. The fourth-order valence-electron chi connectivity index (χ4n) is 4.66. The van der Waals surface area contributed by atoms with Crippen LogP contribution in [0.1, 0.15) is 6.92 Å². The first-order chi connectivity index (χ1) is 18.1. The van der Waals surface area contributed by atoms with Gasteiger partial charge in [-0.25, -0.2) is 0 Å². The van der Waals surface area contributed by atoms with Crippen LogP contribution in [0.3, 0.4) is 0 Å². The molecule has 0 radical (unpaired) electrons. The predicted molar refractivity (Wildman–Crippen MR) is 155 cm³/mol. The Hall–Kier alpha value is -3.60. The van der Waals surface area contributed by atoms with Crippen LogP contribution in [0.2, 0.25) is 0 Å². The van der Waals surface area contributed by atoms with Gasteiger partial charge in [0.05, 0.1) is 0 Å². The first-order valence-electron chi connectivity index (χ1n) is 12.1. The van der Waals surface area contributed by atoms with Crippen molar-refractivity contribution in [2.24, 2.45) is 0 Å². The first-order valence-corrected chi connectivity index (χ1v) is 13.5. The van der Waals surface area contributed by atoms with Crippen molar-refractivity contribution in [3.63, 3.8) is 0 Å². The third-order valence-corrected chi connectivity index (χ3v) is 8.63. The number of hydrogen-bond acceptors (Lipinski definition) is 2. The summed E-state index contributed by atoms with van der Waals surface area (Å²) < 4.78 is 0. The standard InChI is InChI=1S/C32H22P.C2H4O2.Pd/c1-3-15-26(16-4-1)33(27-17-5-2-6-18-27)31-23-22-25-13-8-10-20-29(25)32(31)30-21-11-14-24-12-7-9-19-28(24)30;1-2(3)4;/h1-20,22-23H;1H3,(H,3,4);/q-1;;+2/p-1. The second-order valence-corrected chi connectivity index (χ2v) is 10.8. The van der Waals surface area contributed by atoms with Crippen molar-refractivity contribution >= 4 is 51.3 Å². The van der Waals surface area contributed by atoms with Crippen LogP contribution in [0.25, 0.3) is 32.7 Å². The van der Waals surface area contributed by atoms with Crippen LogP contribution in [0.15, 0.2) is 133 Å². The zero-order valence-corrected chi connectivity index (χ0v) is 23.2. The molecule has 6 aromatic carbocycles. The molecule has 6 aromatic rings. The Bertz CT molecular complexity index is 1620. The molecule has 0 amide bonds. The smallest absolute Gasteiger partial charge is 0.550 e. The van der Waals surface area contributed by atoms with Crippen molar-refractivity contribution < 1.29 is 30.3 Å². The van der Waals surface area contributed by atoms with Crippen molar-refractivity contribution in [3.05, 3.63) is 140 Å². The van der Waals surface area contributed by atoms with Crippen LogP contribution in [0.5, 0.6) is 0 Å². The fourth-order valence-corrected chi connectivity index (χ4v) is 7.13. The molecule has 188 valence electrons. The number of carboxylic acid groups (broad SMARTS) is 1. The van der Waals surface area contributed by atoms with E-state index in [9.17, 15) is 0 Å². The second-order valence-electron chi connectivity index (χ2n) is 8.62. The summed E-state index contributed by atoms with van der Waals surface area (Å²) in [6.07, 6.45) is 0. The van der Waals surface area contributed by atoms with Gasteiger partial charge in [-0.2, -0.15) is 0 Å². The van der Waals surface area contributed by atoms with E-state index < -0.39 is 13.9 Å². The molecule has 0 aliphatic rings. The monoisotopic (exact) mass is 602 g/mol. The van der Waals surface area contributed by atoms with Gasteiger partial charge in [0.2, 0.25) is 0 Å². The van der Waals surface area contributed by atoms with Crippen molar-refractivity contribution in [2.75, 3.05) is 0 Å². The minimum absolute atomic E-state index is 0. The van der Waals surface area contributed by atoms with Gasteiger partial charge in [-0.05, 0) is 36.1 Å². The fraction of sp³-hybridized carbons (Fsp3) is 0.0294. The van der Waals surface area contributed by atoms with Crippen molar-refractivity contribution in [1.82, 2.24) is 0 Å². The predicted octanol–water partition coefficient (Wildman–Crippen LogP) is 5.97. The third kappa shape index (κ3) is 5.93. The van der Waals surface area contributed by atoms with Crippen LogP contribution in [-0.4, -0.2) is 5.97 Å². The average Bonchev–Trinajstić information content (AvgIpc) is 2.94. The molecule has 0 bridgehead atoms. The van der Waals surface area contributed by atoms with Gasteiger partial charge < -0.3 is 9.90 Å². The normalized spacial score (nSPS) is 10.5. The molecule has 0 aromatic heterocycles. The van der Waals surface area contributed by atoms with Gasteiger partial charge in [0.15, 0.2) is 0 Å². The largest absolute Gasteiger partial charge is 2.00 e. The molecule has 0 saturated carbocycles. The Labute approximate surface area is 238 Å². The maximum atomic E-state index is 8.89. The number of aliphatic carboxylic acids is 1. The van der Waals surface area contributed by atoms with Crippen molar-refractivity contribution in [3.8, 4) is 11.1 Å². The summed E-state index contributed by atoms with van der Waals surface area (Å²) in [6, 6.07) is 51.7. The maximum absolute atomic E-state index is 8.89. The van der Waals surface area contributed by atoms with Gasteiger partial charge in [-0.15, -0.1) is 34.5 Å². The van der Waals surface area contributed by atoms with Gasteiger partial charge in [0.1, 0.15) is 0 Å². The Morgan fingerprint density at radius 3 is 1.68 bits per heavy atom. The minimum atomic E-state index is -1.08. The molecule has 38 heavy (non-hydrogen) atoms. The van der Waals surface area contributed by atoms with E-state index in [1.807, 2.05) is 0 Å². The summed E-state index contributed by atoms with van der Waals surface area (Å²) in [5, 5.41) is 18.0. The Morgan fingerprint density at radius 1 is 0.632 bits per heavy atom. The SMILES string of the molecule is CC(=O)[O-].[Pd+2].[c-]1ccc2ccccc2c1-c1c(P(c2ccccc2)c2ccccc2)ccc2ccccc12. The molecular weight excluding hydrogens is 578 g/mol. The van der Waals surface area contributed by atoms with Gasteiger partial charge in [0, 0.05) is 5.97 Å². The van der Waals surface area contributed by atoms with Crippen LogP contribution in [-0.2, 0) is 25.2 Å². The van der Waals surface area contributed by atoms with E-state index in [1.165, 1.54) is 48.6 Å². The van der Waals surface area contributed by atoms with E-state index >= 15 is 0 Å². The second kappa shape index (κ2) is 12.8. The molecule has 0 spiro atoms. The van der Waals surface area contributed by atoms with E-state index in [0.717, 1.165) is 6.92 Å². The zero-order valence-electron chi connectivity index (χ0n) is 20.8. The number of carbonyl (C=O) groups excluding carboxylic acids is 1. The molecule has 0 aliphatic heterocycles. The summed E-state index contributed by atoms with van der Waals surface area (Å²) in [5.74, 6) is -1.08. The molecule has 4 heteroatoms. The van der Waals surface area contributed by atoms with E-state index in [0.29, 0.717) is 0 Å². The zero-order chi connectivity index (χ0) is 25.6. The topological polar surface area (TPSA) is 40.1 Å². The molecule has 6 rings (SSSR count). The number of carbonyl (C=O) groups is 1. The van der Waals surface area contributed by atoms with Crippen molar-refractivity contribution in [2.45, 2.75) is 6.92 Å². The van der Waals surface area contributed by atoms with Gasteiger partial charge in [-0.3, -0.25) is 0 Å². The molecule has 2 nitrogen and oxygen atoms in total. The molecule has 0 aliphatic carbocycles. The summed E-state index contributed by atoms with van der Waals surface area (Å²) in [6.45, 7) is 0.972. The molecule has 0 unspecified atom stereocenters. The average molecular weight is 603 g/mol. The summed E-state index contributed by atoms with van der Waals surface area (Å²) in [5.41, 5.74) is 2.47. The maximum Gasteiger partial charge on any atom is 2.00 e. The van der Waals surface area contributed by atoms with Gasteiger partial charge in [-0.1, -0.05) is 132 Å². The van der Waals surface area contributed by atoms with E-state index in [2.05, 4.69) is 140 Å². The van der Waals surface area contributed by atoms with E-state index in [-0.39, 0.29) is 20.4 Å². The van der Waals surface area contributed by atoms with E-state index in [4.69, 9.17) is 9.90 Å². The molecule has 0 fully saturated rings. The summed E-state index contributed by atoms with van der Waals surface area (Å²) >= 11 is 0. The molecule has 0 saturated heterocycles. The van der Waals surface area contributed by atoms with E-state index in [1.54, 1.807) is 0 Å². The third-order valence-electron chi connectivity index (χ3n) is 6.15. The molecular formula is C34H25O2PPd. The summed E-state index contributed by atoms with van der Waals surface area (Å²) in [4.78, 5) is 8.89. The summed E-state index contributed by atoms with van der Waals surface area (Å²) in [7, 11) is -0.739. The molecule has 0 heterocycles. The molecule has 0 N–H and O–H groups in total. The number of benzene rings is 6. The number of rotatable bonds is 4. The number of fused-ring (bicyclic) bond motifs is 2. The minimum Gasteiger partial charge on any atom is -0.550 e. The van der Waals surface area contributed by atoms with Crippen molar-refractivity contribution in [1.29, 1.82) is 0 Å². The van der Waals surface area contributed by atoms with Gasteiger partial charge in [0.25, 0.3) is 0 Å². The van der Waals surface area contributed by atoms with Crippen LogP contribution < -0.4 is 21.0 Å². The Kier molecular flexibility index (Phi) is 9.22. The van der Waals surface area contributed by atoms with Crippen LogP contribution in [0.4, 0.5) is 0 Å². The number of hydrogen-bond donors (Lipinski definition) is 0. The first kappa shape index (κ1) is 27.4. The Balaban J connectivity index is 0.000000630. The van der Waals surface area contributed by atoms with Gasteiger partial charge >= 0.3 is 20.4 Å².